The number of hydrogen-bond donors (Lipinski definition) is 5. The molecular formula is C28H39N5O6. The lowest BCUT2D eigenvalue weighted by molar-refractivity contribution is -0.138. The third-order valence-corrected chi connectivity index (χ3v) is 6.21. The van der Waals surface area contributed by atoms with E-state index in [1.165, 1.54) is 12.0 Å². The van der Waals surface area contributed by atoms with Crippen molar-refractivity contribution < 1.29 is 29.0 Å². The van der Waals surface area contributed by atoms with Gasteiger partial charge in [-0.05, 0) is 48.6 Å². The minimum Gasteiger partial charge on any atom is -0.495 e. The Balaban J connectivity index is 1.87. The number of nitrogens with zero attached hydrogens (tertiary/aromatic N) is 1. The molecule has 0 radical (unpaired) electrons. The summed E-state index contributed by atoms with van der Waals surface area (Å²) in [7, 11) is 3.03. The molecule has 0 aliphatic heterocycles. The van der Waals surface area contributed by atoms with Gasteiger partial charge in [-0.1, -0.05) is 38.1 Å². The number of carbonyl (C=O) groups excluding carboxylic acids is 3. The first-order chi connectivity index (χ1) is 18.3. The monoisotopic (exact) mass is 541 g/mol. The van der Waals surface area contributed by atoms with E-state index in [1.54, 1.807) is 32.2 Å². The number of rotatable bonds is 12. The zero-order valence-corrected chi connectivity index (χ0v) is 23.4. The summed E-state index contributed by atoms with van der Waals surface area (Å²) in [5.74, 6) is -0.761. The second-order valence-electron chi connectivity index (χ2n) is 10.3. The average molecular weight is 542 g/mol. The molecule has 2 aromatic carbocycles. The highest BCUT2D eigenvalue weighted by atomic mass is 16.5. The zero-order valence-electron chi connectivity index (χ0n) is 23.4. The molecule has 0 saturated carbocycles. The lowest BCUT2D eigenvalue weighted by atomic mass is 9.93. The van der Waals surface area contributed by atoms with Crippen molar-refractivity contribution in [2.75, 3.05) is 37.9 Å². The van der Waals surface area contributed by atoms with E-state index in [1.807, 2.05) is 45.0 Å². The standard InChI is InChI=1S/C28H39N5O6/c1-18-9-7-8-10-21(18)31-26(37)32-22-12-11-20(14-23(22)39-6)15-24(34)29-16-28(3,4)17-30-27(38)33(5)19(2)13-25(35)36/h7-12,14,19H,13,15-17H2,1-6H3,(H,29,34)(H,30,38)(H,35,36)(H2,31,32,37). The van der Waals surface area contributed by atoms with Gasteiger partial charge in [-0.15, -0.1) is 0 Å². The molecule has 11 heteroatoms. The summed E-state index contributed by atoms with van der Waals surface area (Å²) < 4.78 is 5.42. The topological polar surface area (TPSA) is 149 Å². The second kappa shape index (κ2) is 14.0. The molecule has 0 aliphatic carbocycles. The Bertz CT molecular complexity index is 1180. The summed E-state index contributed by atoms with van der Waals surface area (Å²) in [6.07, 6.45) is -0.0459. The minimum atomic E-state index is -0.975. The van der Waals surface area contributed by atoms with Gasteiger partial charge in [-0.2, -0.15) is 0 Å². The number of hydrogen-bond acceptors (Lipinski definition) is 5. The molecule has 2 aromatic rings. The van der Waals surface area contributed by atoms with E-state index in [4.69, 9.17) is 9.84 Å². The molecule has 0 heterocycles. The molecule has 1 unspecified atom stereocenters. The molecule has 0 aromatic heterocycles. The molecule has 5 amide bonds. The highest BCUT2D eigenvalue weighted by Gasteiger charge is 2.23. The second-order valence-corrected chi connectivity index (χ2v) is 10.3. The third kappa shape index (κ3) is 10.2. The van der Waals surface area contributed by atoms with Gasteiger partial charge in [0.1, 0.15) is 5.75 Å². The Morgan fingerprint density at radius 3 is 2.28 bits per heavy atom. The van der Waals surface area contributed by atoms with Crippen LogP contribution in [0.15, 0.2) is 42.5 Å². The lowest BCUT2D eigenvalue weighted by Gasteiger charge is -2.29. The maximum Gasteiger partial charge on any atom is 0.323 e. The number of carboxylic acid groups (broad SMARTS) is 1. The summed E-state index contributed by atoms with van der Waals surface area (Å²) in [6.45, 7) is 7.97. The third-order valence-electron chi connectivity index (χ3n) is 6.21. The number of nitrogens with one attached hydrogen (secondary N) is 4. The van der Waals surface area contributed by atoms with Crippen molar-refractivity contribution in [1.29, 1.82) is 0 Å². The first-order valence-corrected chi connectivity index (χ1v) is 12.6. The number of aliphatic carboxylic acids is 1. The molecule has 0 bridgehead atoms. The molecule has 2 rings (SSSR count). The van der Waals surface area contributed by atoms with Crippen LogP contribution >= 0.6 is 0 Å². The number of amides is 5. The number of anilines is 2. The molecule has 39 heavy (non-hydrogen) atoms. The fourth-order valence-electron chi connectivity index (χ4n) is 3.62. The fraction of sp³-hybridized carbons (Fsp3) is 0.429. The zero-order chi connectivity index (χ0) is 29.2. The lowest BCUT2D eigenvalue weighted by Crippen LogP contribution is -2.48. The highest BCUT2D eigenvalue weighted by molar-refractivity contribution is 6.01. The van der Waals surface area contributed by atoms with Gasteiger partial charge in [0.25, 0.3) is 0 Å². The number of methoxy groups -OCH3 is 1. The fourth-order valence-corrected chi connectivity index (χ4v) is 3.62. The van der Waals surface area contributed by atoms with Crippen LogP contribution in [0.2, 0.25) is 0 Å². The Morgan fingerprint density at radius 1 is 1.00 bits per heavy atom. The molecule has 5 N–H and O–H groups in total. The Labute approximate surface area is 229 Å². The summed E-state index contributed by atoms with van der Waals surface area (Å²) in [5, 5.41) is 20.2. The van der Waals surface area contributed by atoms with Crippen molar-refractivity contribution in [2.24, 2.45) is 5.41 Å². The van der Waals surface area contributed by atoms with Crippen molar-refractivity contribution >= 4 is 35.3 Å². The van der Waals surface area contributed by atoms with Crippen LogP contribution in [0.3, 0.4) is 0 Å². The number of carboxylic acids is 1. The van der Waals surface area contributed by atoms with Crippen LogP contribution in [0.1, 0.15) is 38.3 Å². The van der Waals surface area contributed by atoms with Crippen LogP contribution in [-0.4, -0.2) is 67.2 Å². The van der Waals surface area contributed by atoms with Crippen molar-refractivity contribution in [3.63, 3.8) is 0 Å². The Morgan fingerprint density at radius 2 is 1.64 bits per heavy atom. The van der Waals surface area contributed by atoms with E-state index in [2.05, 4.69) is 21.3 Å². The minimum absolute atomic E-state index is 0.101. The van der Waals surface area contributed by atoms with E-state index in [0.717, 1.165) is 5.56 Å². The van der Waals surface area contributed by atoms with Gasteiger partial charge in [-0.3, -0.25) is 9.59 Å². The molecule has 1 atom stereocenters. The van der Waals surface area contributed by atoms with E-state index in [9.17, 15) is 19.2 Å². The average Bonchev–Trinajstić information content (AvgIpc) is 2.87. The van der Waals surface area contributed by atoms with Crippen LogP contribution in [0, 0.1) is 12.3 Å². The highest BCUT2D eigenvalue weighted by Crippen LogP contribution is 2.26. The van der Waals surface area contributed by atoms with E-state index >= 15 is 0 Å². The number of para-hydroxylation sites is 1. The van der Waals surface area contributed by atoms with Gasteiger partial charge in [0.15, 0.2) is 0 Å². The Kier molecular flexibility index (Phi) is 11.1. The summed E-state index contributed by atoms with van der Waals surface area (Å²) in [5.41, 5.74) is 2.35. The van der Waals surface area contributed by atoms with E-state index in [0.29, 0.717) is 29.2 Å². The molecule has 0 spiro atoms. The molecule has 0 fully saturated rings. The van der Waals surface area contributed by atoms with Gasteiger partial charge in [-0.25, -0.2) is 9.59 Å². The van der Waals surface area contributed by atoms with Crippen LogP contribution in [0.4, 0.5) is 21.0 Å². The normalized spacial score (nSPS) is 11.6. The molecule has 212 valence electrons. The predicted molar refractivity (Wildman–Crippen MR) is 150 cm³/mol. The van der Waals surface area contributed by atoms with Crippen LogP contribution in [0.25, 0.3) is 0 Å². The number of carbonyl (C=O) groups is 4. The Hall–Kier alpha value is -4.28. The van der Waals surface area contributed by atoms with Crippen LogP contribution in [-0.2, 0) is 16.0 Å². The quantitative estimate of drug-likeness (QED) is 0.276. The van der Waals surface area contributed by atoms with E-state index in [-0.39, 0.29) is 31.3 Å². The number of ether oxygens (including phenoxy) is 1. The predicted octanol–water partition coefficient (Wildman–Crippen LogP) is 3.84. The largest absolute Gasteiger partial charge is 0.495 e. The number of benzene rings is 2. The summed E-state index contributed by atoms with van der Waals surface area (Å²) >= 11 is 0. The first kappa shape index (κ1) is 30.9. The van der Waals surface area contributed by atoms with Crippen molar-refractivity contribution in [3.8, 4) is 5.75 Å². The van der Waals surface area contributed by atoms with Crippen molar-refractivity contribution in [3.05, 3.63) is 53.6 Å². The smallest absolute Gasteiger partial charge is 0.323 e. The molecule has 11 nitrogen and oxygen atoms in total. The first-order valence-electron chi connectivity index (χ1n) is 12.6. The molecule has 0 saturated heterocycles. The van der Waals surface area contributed by atoms with Gasteiger partial charge in [0.2, 0.25) is 5.91 Å². The number of urea groups is 2. The van der Waals surface area contributed by atoms with Crippen molar-refractivity contribution in [2.45, 2.75) is 46.6 Å². The molecular weight excluding hydrogens is 502 g/mol. The molecule has 0 aliphatic rings. The van der Waals surface area contributed by atoms with Gasteiger partial charge >= 0.3 is 18.0 Å². The van der Waals surface area contributed by atoms with Gasteiger partial charge in [0.05, 0.1) is 25.6 Å². The van der Waals surface area contributed by atoms with Crippen molar-refractivity contribution in [1.82, 2.24) is 15.5 Å². The SMILES string of the molecule is COc1cc(CC(=O)NCC(C)(C)CNC(=O)N(C)C(C)CC(=O)O)ccc1NC(=O)Nc1ccccc1C. The number of aryl methyl sites for hydroxylation is 1. The van der Waals surface area contributed by atoms with Gasteiger partial charge < -0.3 is 36.0 Å². The summed E-state index contributed by atoms with van der Waals surface area (Å²) in [4.78, 5) is 49.6. The van der Waals surface area contributed by atoms with Crippen LogP contribution in [0.5, 0.6) is 5.75 Å². The summed E-state index contributed by atoms with van der Waals surface area (Å²) in [6, 6.07) is 11.3. The maximum absolute atomic E-state index is 12.6. The maximum atomic E-state index is 12.6. The van der Waals surface area contributed by atoms with Crippen LogP contribution < -0.4 is 26.0 Å². The van der Waals surface area contributed by atoms with E-state index < -0.39 is 23.5 Å². The van der Waals surface area contributed by atoms with Gasteiger partial charge in [0, 0.05) is 31.9 Å².